The van der Waals surface area contributed by atoms with Crippen LogP contribution >= 0.6 is 0 Å². The number of carbonyl (C=O) groups is 1. The van der Waals surface area contributed by atoms with Gasteiger partial charge >= 0.3 is 6.03 Å². The number of nitrogens with zero attached hydrogens (tertiary/aromatic N) is 1. The molecule has 6 nitrogen and oxygen atoms in total. The number of rotatable bonds is 6. The number of hydrogen-bond donors (Lipinski definition) is 2. The fraction of sp³-hybridized carbons (Fsp3) is 0.235. The van der Waals surface area contributed by atoms with E-state index in [0.29, 0.717) is 24.5 Å². The second-order valence-electron chi connectivity index (χ2n) is 5.10. The second-order valence-corrected chi connectivity index (χ2v) is 6.78. The van der Waals surface area contributed by atoms with E-state index in [2.05, 4.69) is 10.0 Å². The van der Waals surface area contributed by atoms with E-state index in [9.17, 15) is 13.2 Å². The Labute approximate surface area is 142 Å². The Morgan fingerprint density at radius 1 is 0.917 bits per heavy atom. The Morgan fingerprint density at radius 2 is 1.50 bits per heavy atom. The van der Waals surface area contributed by atoms with Gasteiger partial charge in [0.05, 0.1) is 4.90 Å². The maximum absolute atomic E-state index is 12.3. The Balaban J connectivity index is 2.10. The van der Waals surface area contributed by atoms with Crippen molar-refractivity contribution in [2.45, 2.75) is 18.7 Å². The smallest absolute Gasteiger partial charge is 0.321 e. The summed E-state index contributed by atoms with van der Waals surface area (Å²) >= 11 is 0. The molecule has 0 unspecified atom stereocenters. The fourth-order valence-corrected chi connectivity index (χ4v) is 3.21. The molecule has 7 heteroatoms. The summed E-state index contributed by atoms with van der Waals surface area (Å²) in [6.07, 6.45) is 0. The molecule has 0 fully saturated rings. The van der Waals surface area contributed by atoms with Crippen LogP contribution in [0.2, 0.25) is 0 Å². The number of urea groups is 1. The van der Waals surface area contributed by atoms with Crippen LogP contribution in [0.3, 0.4) is 0 Å². The van der Waals surface area contributed by atoms with Gasteiger partial charge in [-0.25, -0.2) is 13.2 Å². The van der Waals surface area contributed by atoms with E-state index in [1.165, 1.54) is 12.1 Å². The van der Waals surface area contributed by atoms with Crippen molar-refractivity contribution in [2.75, 3.05) is 23.1 Å². The zero-order valence-corrected chi connectivity index (χ0v) is 14.5. The summed E-state index contributed by atoms with van der Waals surface area (Å²) in [7, 11) is -3.66. The number of amides is 2. The van der Waals surface area contributed by atoms with Crippen molar-refractivity contribution in [3.8, 4) is 0 Å². The van der Waals surface area contributed by atoms with Crippen molar-refractivity contribution in [3.63, 3.8) is 0 Å². The molecule has 0 aromatic heterocycles. The number of carbonyl (C=O) groups excluding carboxylic acids is 1. The van der Waals surface area contributed by atoms with Crippen molar-refractivity contribution in [3.05, 3.63) is 54.6 Å². The molecule has 0 atom stereocenters. The van der Waals surface area contributed by atoms with Crippen molar-refractivity contribution >= 4 is 27.4 Å². The number of sulfonamides is 1. The Kier molecular flexibility index (Phi) is 5.81. The van der Waals surface area contributed by atoms with Crippen LogP contribution in [0.25, 0.3) is 0 Å². The van der Waals surface area contributed by atoms with Crippen molar-refractivity contribution < 1.29 is 13.2 Å². The van der Waals surface area contributed by atoms with Crippen LogP contribution < -0.4 is 10.0 Å². The van der Waals surface area contributed by atoms with Crippen LogP contribution in [-0.4, -0.2) is 32.4 Å². The highest BCUT2D eigenvalue weighted by Gasteiger charge is 2.15. The maximum Gasteiger partial charge on any atom is 0.321 e. The minimum Gasteiger partial charge on any atom is -0.325 e. The third-order valence-corrected chi connectivity index (χ3v) is 4.89. The van der Waals surface area contributed by atoms with Gasteiger partial charge in [0.15, 0.2) is 0 Å². The zero-order valence-electron chi connectivity index (χ0n) is 13.7. The minimum absolute atomic E-state index is 0.132. The molecule has 0 radical (unpaired) electrons. The summed E-state index contributed by atoms with van der Waals surface area (Å²) in [5.74, 6) is 0. The molecule has 0 heterocycles. The van der Waals surface area contributed by atoms with Crippen molar-refractivity contribution in [1.29, 1.82) is 0 Å². The van der Waals surface area contributed by atoms with E-state index in [0.717, 1.165) is 0 Å². The maximum atomic E-state index is 12.3. The van der Waals surface area contributed by atoms with Gasteiger partial charge in [0.2, 0.25) is 0 Å². The van der Waals surface area contributed by atoms with E-state index in [4.69, 9.17) is 0 Å². The summed E-state index contributed by atoms with van der Waals surface area (Å²) < 4.78 is 27.2. The number of hydrogen-bond acceptors (Lipinski definition) is 3. The third kappa shape index (κ3) is 4.48. The first-order valence-electron chi connectivity index (χ1n) is 7.70. The Hall–Kier alpha value is -2.54. The van der Waals surface area contributed by atoms with Crippen LogP contribution in [-0.2, 0) is 10.0 Å². The molecule has 0 saturated carbocycles. The predicted octanol–water partition coefficient (Wildman–Crippen LogP) is 3.36. The number of para-hydroxylation sites is 1. The lowest BCUT2D eigenvalue weighted by Gasteiger charge is -2.19. The average molecular weight is 347 g/mol. The van der Waals surface area contributed by atoms with Gasteiger partial charge in [-0.15, -0.1) is 0 Å². The van der Waals surface area contributed by atoms with Gasteiger partial charge in [0.25, 0.3) is 10.0 Å². The van der Waals surface area contributed by atoms with Gasteiger partial charge < -0.3 is 10.2 Å². The Bertz CT molecular complexity index is 770. The van der Waals surface area contributed by atoms with Crippen molar-refractivity contribution in [2.24, 2.45) is 0 Å². The summed E-state index contributed by atoms with van der Waals surface area (Å²) in [6, 6.07) is 14.5. The molecule has 0 spiro atoms. The highest BCUT2D eigenvalue weighted by Crippen LogP contribution is 2.18. The molecular formula is C17H21N3O3S. The van der Waals surface area contributed by atoms with Gasteiger partial charge in [-0.05, 0) is 50.2 Å². The monoisotopic (exact) mass is 347 g/mol. The fourth-order valence-electron chi connectivity index (χ4n) is 2.15. The lowest BCUT2D eigenvalue weighted by molar-refractivity contribution is 0.217. The summed E-state index contributed by atoms with van der Waals surface area (Å²) in [5, 5.41) is 2.74. The molecule has 24 heavy (non-hydrogen) atoms. The molecule has 0 aliphatic heterocycles. The molecule has 128 valence electrons. The first kappa shape index (κ1) is 17.8. The Morgan fingerprint density at radius 3 is 2.04 bits per heavy atom. The quantitative estimate of drug-likeness (QED) is 0.841. The number of anilines is 2. The lowest BCUT2D eigenvalue weighted by Crippen LogP contribution is -2.34. The topological polar surface area (TPSA) is 78.5 Å². The summed E-state index contributed by atoms with van der Waals surface area (Å²) in [6.45, 7) is 5.01. The molecule has 0 aliphatic carbocycles. The first-order chi connectivity index (χ1) is 11.5. The van der Waals surface area contributed by atoms with Crippen LogP contribution in [0, 0.1) is 0 Å². The minimum atomic E-state index is -3.66. The highest BCUT2D eigenvalue weighted by molar-refractivity contribution is 7.92. The van der Waals surface area contributed by atoms with Crippen LogP contribution in [0.1, 0.15) is 13.8 Å². The molecule has 0 bridgehead atoms. The first-order valence-corrected chi connectivity index (χ1v) is 9.18. The SMILES string of the molecule is CCN(CC)C(=O)Nc1ccc(S(=O)(=O)Nc2ccccc2)cc1. The second kappa shape index (κ2) is 7.83. The summed E-state index contributed by atoms with van der Waals surface area (Å²) in [5.41, 5.74) is 1.04. The van der Waals surface area contributed by atoms with Gasteiger partial charge in [-0.3, -0.25) is 4.72 Å². The van der Waals surface area contributed by atoms with Gasteiger partial charge in [-0.1, -0.05) is 18.2 Å². The van der Waals surface area contributed by atoms with Crippen LogP contribution in [0.15, 0.2) is 59.5 Å². The van der Waals surface area contributed by atoms with Crippen LogP contribution in [0.4, 0.5) is 16.2 Å². The normalized spacial score (nSPS) is 10.9. The van der Waals surface area contributed by atoms with E-state index in [1.54, 1.807) is 41.3 Å². The largest absolute Gasteiger partial charge is 0.325 e. The standard InChI is InChI=1S/C17H21N3O3S/c1-3-20(4-2)17(21)18-14-10-12-16(13-11-14)24(22,23)19-15-8-6-5-7-9-15/h5-13,19H,3-4H2,1-2H3,(H,18,21). The van der Waals surface area contributed by atoms with E-state index >= 15 is 0 Å². The number of nitrogens with one attached hydrogen (secondary N) is 2. The van der Waals surface area contributed by atoms with E-state index in [-0.39, 0.29) is 10.9 Å². The molecule has 2 aromatic carbocycles. The molecule has 2 amide bonds. The summed E-state index contributed by atoms with van der Waals surface area (Å²) in [4.78, 5) is 13.8. The van der Waals surface area contributed by atoms with Gasteiger partial charge in [-0.2, -0.15) is 0 Å². The average Bonchev–Trinajstić information content (AvgIpc) is 2.57. The highest BCUT2D eigenvalue weighted by atomic mass is 32.2. The molecular weight excluding hydrogens is 326 g/mol. The van der Waals surface area contributed by atoms with Crippen LogP contribution in [0.5, 0.6) is 0 Å². The molecule has 2 aromatic rings. The zero-order chi connectivity index (χ0) is 17.6. The van der Waals surface area contributed by atoms with E-state index < -0.39 is 10.0 Å². The van der Waals surface area contributed by atoms with E-state index in [1.807, 2.05) is 19.9 Å². The number of benzene rings is 2. The van der Waals surface area contributed by atoms with Gasteiger partial charge in [0.1, 0.15) is 0 Å². The molecule has 2 N–H and O–H groups in total. The predicted molar refractivity (Wildman–Crippen MR) is 95.6 cm³/mol. The molecule has 2 rings (SSSR count). The molecule has 0 saturated heterocycles. The third-order valence-electron chi connectivity index (χ3n) is 3.49. The molecule has 0 aliphatic rings. The van der Waals surface area contributed by atoms with Crippen molar-refractivity contribution in [1.82, 2.24) is 4.90 Å². The van der Waals surface area contributed by atoms with Gasteiger partial charge in [0, 0.05) is 24.5 Å². The lowest BCUT2D eigenvalue weighted by atomic mass is 10.3.